The molecule has 0 aliphatic carbocycles. The van der Waals surface area contributed by atoms with Crippen LogP contribution in [0, 0.1) is 0 Å². The van der Waals surface area contributed by atoms with E-state index in [4.69, 9.17) is 28.4 Å². The summed E-state index contributed by atoms with van der Waals surface area (Å²) in [5.41, 5.74) is 0. The Morgan fingerprint density at radius 1 is 0.592 bits per heavy atom. The first-order valence-corrected chi connectivity index (χ1v) is 16.6. The highest BCUT2D eigenvalue weighted by Gasteiger charge is 2.52. The van der Waals surface area contributed by atoms with Gasteiger partial charge in [0.1, 0.15) is 79.0 Å². The summed E-state index contributed by atoms with van der Waals surface area (Å²) in [6, 6.07) is 0. The highest BCUT2D eigenvalue weighted by molar-refractivity contribution is 5.78. The monoisotopic (exact) mass is 715 g/mol. The molecule has 3 aliphatic heterocycles. The number of ketones is 1. The standard InChI is InChI=1S/C30H53NO18/c1-2-31-18(35)9-4-3-7-14(34)8-5-6-10-44-29-26(43)27(49-30-25(42)23(40)20(37)16(12-33)47-30)21(38)17(48-29)13-45-28-24(41)22(39)19(36)15(11-32)46-28/h15-17,19-30,32-33,36-43H,2-13H2,1H3,(H,31,35)/t15-,16-,17-,19-,20-,21-,22+,23+,24+,25+,26+,27+,28+,29-,30-/m1/s1. The number of unbranched alkanes of at least 4 members (excludes halogenated alkanes) is 2. The predicted octanol–water partition coefficient (Wildman–Crippen LogP) is -5.11. The zero-order chi connectivity index (χ0) is 36.2. The SMILES string of the molecule is CCNC(=O)CCCCC(=O)CCCCO[C@@H]1O[C@H](CO[C@H]2O[C@H](CO)[C@@H](O)[C@H](O)[C@@H]2O)[C@@H](O)[C@H](O[C@H]2O[C@H](CO)[C@@H](O)[C@H](O)[C@@H]2O)[C@@H]1O. The molecule has 49 heavy (non-hydrogen) atoms. The van der Waals surface area contributed by atoms with Crippen LogP contribution in [-0.4, -0.2) is 188 Å². The van der Waals surface area contributed by atoms with Crippen molar-refractivity contribution in [3.63, 3.8) is 0 Å². The lowest BCUT2D eigenvalue weighted by molar-refractivity contribution is -0.366. The first kappa shape index (κ1) is 41.9. The molecule has 1 amide bonds. The van der Waals surface area contributed by atoms with Gasteiger partial charge in [-0.2, -0.15) is 0 Å². The number of hydrogen-bond acceptors (Lipinski definition) is 18. The normalized spacial score (nSPS) is 39.9. The maximum absolute atomic E-state index is 12.2. The molecule has 0 aromatic carbocycles. The zero-order valence-corrected chi connectivity index (χ0v) is 27.4. The summed E-state index contributed by atoms with van der Waals surface area (Å²) in [5.74, 6) is -0.0402. The Balaban J connectivity index is 1.60. The Labute approximate surface area is 283 Å². The molecular weight excluding hydrogens is 662 g/mol. The van der Waals surface area contributed by atoms with Gasteiger partial charge in [-0.25, -0.2) is 0 Å². The van der Waals surface area contributed by atoms with E-state index in [-0.39, 0.29) is 24.7 Å². The first-order chi connectivity index (χ1) is 23.3. The van der Waals surface area contributed by atoms with Crippen molar-refractivity contribution in [3.05, 3.63) is 0 Å². The smallest absolute Gasteiger partial charge is 0.219 e. The Hall–Kier alpha value is -1.50. The number of ether oxygens (including phenoxy) is 6. The van der Waals surface area contributed by atoms with E-state index in [1.165, 1.54) is 0 Å². The third-order valence-corrected chi connectivity index (χ3v) is 8.67. The van der Waals surface area contributed by atoms with E-state index in [1.54, 1.807) is 0 Å². The number of Topliss-reactive ketones (excluding diaryl/α,β-unsaturated/α-hetero) is 1. The van der Waals surface area contributed by atoms with E-state index in [1.807, 2.05) is 6.92 Å². The molecule has 0 radical (unpaired) electrons. The van der Waals surface area contributed by atoms with E-state index in [0.29, 0.717) is 45.1 Å². The molecule has 3 fully saturated rings. The fraction of sp³-hybridized carbons (Fsp3) is 0.933. The summed E-state index contributed by atoms with van der Waals surface area (Å²) >= 11 is 0. The molecule has 0 spiro atoms. The molecule has 3 saturated heterocycles. The number of nitrogens with one attached hydrogen (secondary N) is 1. The van der Waals surface area contributed by atoms with E-state index in [9.17, 15) is 60.7 Å². The van der Waals surface area contributed by atoms with Gasteiger partial charge in [0.05, 0.1) is 19.8 Å². The van der Waals surface area contributed by atoms with E-state index >= 15 is 0 Å². The van der Waals surface area contributed by atoms with Crippen LogP contribution in [0.5, 0.6) is 0 Å². The fourth-order valence-electron chi connectivity index (χ4n) is 5.71. The molecule has 0 unspecified atom stereocenters. The van der Waals surface area contributed by atoms with Crippen molar-refractivity contribution in [2.45, 2.75) is 144 Å². The van der Waals surface area contributed by atoms with Crippen molar-refractivity contribution < 1.29 is 89.1 Å². The Morgan fingerprint density at radius 2 is 1.10 bits per heavy atom. The first-order valence-electron chi connectivity index (χ1n) is 16.6. The second-order valence-corrected chi connectivity index (χ2v) is 12.4. The van der Waals surface area contributed by atoms with Crippen LogP contribution in [0.1, 0.15) is 51.9 Å². The van der Waals surface area contributed by atoms with Crippen molar-refractivity contribution in [1.82, 2.24) is 5.32 Å². The summed E-state index contributed by atoms with van der Waals surface area (Å²) in [5, 5.41) is 105. The molecule has 286 valence electrons. The molecule has 3 rings (SSSR count). The van der Waals surface area contributed by atoms with Gasteiger partial charge in [0, 0.05) is 32.4 Å². The summed E-state index contributed by atoms with van der Waals surface area (Å²) in [7, 11) is 0. The third-order valence-electron chi connectivity index (χ3n) is 8.67. The highest BCUT2D eigenvalue weighted by Crippen LogP contribution is 2.31. The van der Waals surface area contributed by atoms with Crippen LogP contribution in [0.15, 0.2) is 0 Å². The van der Waals surface area contributed by atoms with Crippen LogP contribution in [0.4, 0.5) is 0 Å². The van der Waals surface area contributed by atoms with Gasteiger partial charge in [-0.15, -0.1) is 0 Å². The van der Waals surface area contributed by atoms with Crippen LogP contribution >= 0.6 is 0 Å². The van der Waals surface area contributed by atoms with E-state index in [0.717, 1.165) is 0 Å². The maximum Gasteiger partial charge on any atom is 0.219 e. The molecular formula is C30H53NO18. The average Bonchev–Trinajstić information content (AvgIpc) is 3.08. The number of aliphatic hydroxyl groups excluding tert-OH is 10. The molecule has 3 heterocycles. The number of carbonyl (C=O) groups is 2. The molecule has 0 saturated carbocycles. The van der Waals surface area contributed by atoms with Crippen molar-refractivity contribution in [2.75, 3.05) is 33.0 Å². The minimum absolute atomic E-state index is 0.0185. The van der Waals surface area contributed by atoms with Crippen LogP contribution in [0.25, 0.3) is 0 Å². The van der Waals surface area contributed by atoms with Gasteiger partial charge in [0.25, 0.3) is 0 Å². The second-order valence-electron chi connectivity index (χ2n) is 12.4. The van der Waals surface area contributed by atoms with Gasteiger partial charge >= 0.3 is 0 Å². The predicted molar refractivity (Wildman–Crippen MR) is 161 cm³/mol. The largest absolute Gasteiger partial charge is 0.394 e. The molecule has 19 heteroatoms. The lowest BCUT2D eigenvalue weighted by Gasteiger charge is -2.46. The van der Waals surface area contributed by atoms with Crippen LogP contribution in [-0.2, 0) is 38.0 Å². The number of amides is 1. The minimum atomic E-state index is -1.87. The van der Waals surface area contributed by atoms with Crippen LogP contribution < -0.4 is 5.32 Å². The van der Waals surface area contributed by atoms with Crippen molar-refractivity contribution in [3.8, 4) is 0 Å². The highest BCUT2D eigenvalue weighted by atomic mass is 16.7. The molecule has 0 aromatic rings. The summed E-state index contributed by atoms with van der Waals surface area (Å²) < 4.78 is 33.3. The van der Waals surface area contributed by atoms with Gasteiger partial charge in [-0.1, -0.05) is 0 Å². The summed E-state index contributed by atoms with van der Waals surface area (Å²) in [4.78, 5) is 23.8. The second kappa shape index (κ2) is 20.5. The molecule has 0 bridgehead atoms. The van der Waals surface area contributed by atoms with Crippen LogP contribution in [0.3, 0.4) is 0 Å². The van der Waals surface area contributed by atoms with Gasteiger partial charge in [0.15, 0.2) is 18.9 Å². The number of aliphatic hydroxyl groups is 10. The van der Waals surface area contributed by atoms with Gasteiger partial charge in [-0.05, 0) is 32.6 Å². The van der Waals surface area contributed by atoms with Crippen molar-refractivity contribution in [2.24, 2.45) is 0 Å². The Kier molecular flexibility index (Phi) is 17.6. The Morgan fingerprint density at radius 3 is 1.69 bits per heavy atom. The molecule has 15 atom stereocenters. The molecule has 11 N–H and O–H groups in total. The van der Waals surface area contributed by atoms with Gasteiger partial charge < -0.3 is 84.8 Å². The topological polar surface area (TPSA) is 304 Å². The van der Waals surface area contributed by atoms with E-state index in [2.05, 4.69) is 5.32 Å². The lowest BCUT2D eigenvalue weighted by Crippen LogP contribution is -2.65. The minimum Gasteiger partial charge on any atom is -0.394 e. The molecule has 19 nitrogen and oxygen atoms in total. The molecule has 3 aliphatic rings. The summed E-state index contributed by atoms with van der Waals surface area (Å²) in [6.45, 7) is 0.297. The maximum atomic E-state index is 12.2. The number of hydrogen-bond donors (Lipinski definition) is 11. The average molecular weight is 716 g/mol. The fourth-order valence-corrected chi connectivity index (χ4v) is 5.71. The Bertz CT molecular complexity index is 991. The quantitative estimate of drug-likeness (QED) is 0.0557. The van der Waals surface area contributed by atoms with E-state index < -0.39 is 112 Å². The van der Waals surface area contributed by atoms with Crippen molar-refractivity contribution >= 4 is 11.7 Å². The van der Waals surface area contributed by atoms with Crippen LogP contribution in [0.2, 0.25) is 0 Å². The van der Waals surface area contributed by atoms with Crippen molar-refractivity contribution in [1.29, 1.82) is 0 Å². The lowest BCUT2D eigenvalue weighted by atomic mass is 9.96. The third kappa shape index (κ3) is 11.5. The van der Waals surface area contributed by atoms with Gasteiger partial charge in [0.2, 0.25) is 5.91 Å². The summed E-state index contributed by atoms with van der Waals surface area (Å²) in [6.07, 6.45) is -21.6. The zero-order valence-electron chi connectivity index (χ0n) is 27.4. The number of carbonyl (C=O) groups excluding carboxylic acids is 2. The van der Waals surface area contributed by atoms with Gasteiger partial charge in [-0.3, -0.25) is 9.59 Å². The number of rotatable bonds is 19. The molecule has 0 aromatic heterocycles.